The van der Waals surface area contributed by atoms with Crippen molar-refractivity contribution in [3.63, 3.8) is 0 Å². The Morgan fingerprint density at radius 2 is 2.18 bits per heavy atom. The molecule has 0 saturated carbocycles. The van der Waals surface area contributed by atoms with Crippen LogP contribution in [0.4, 0.5) is 5.69 Å². The Labute approximate surface area is 101 Å². The van der Waals surface area contributed by atoms with E-state index >= 15 is 0 Å². The molecule has 1 N–H and O–H groups in total. The molecule has 1 aliphatic rings. The summed E-state index contributed by atoms with van der Waals surface area (Å²) in [4.78, 5) is 19.4. The molecule has 1 saturated heterocycles. The van der Waals surface area contributed by atoms with Crippen molar-refractivity contribution in [3.05, 3.63) is 24.0 Å². The van der Waals surface area contributed by atoms with Gasteiger partial charge >= 0.3 is 5.97 Å². The summed E-state index contributed by atoms with van der Waals surface area (Å²) >= 11 is 0. The Bertz CT molecular complexity index is 408. The molecule has 17 heavy (non-hydrogen) atoms. The highest BCUT2D eigenvalue weighted by Crippen LogP contribution is 2.20. The van der Waals surface area contributed by atoms with Gasteiger partial charge in [0.2, 0.25) is 0 Å². The summed E-state index contributed by atoms with van der Waals surface area (Å²) in [5.74, 6) is -0.911. The monoisotopic (exact) mass is 235 g/mol. The highest BCUT2D eigenvalue weighted by Gasteiger charge is 2.18. The summed E-state index contributed by atoms with van der Waals surface area (Å²) in [5.41, 5.74) is 1.07. The number of likely N-dealkylation sites (N-methyl/N-ethyl adjacent to an activating group) is 1. The minimum Gasteiger partial charge on any atom is -0.478 e. The van der Waals surface area contributed by atoms with Gasteiger partial charge in [-0.1, -0.05) is 0 Å². The Morgan fingerprint density at radius 3 is 2.94 bits per heavy atom. The van der Waals surface area contributed by atoms with Gasteiger partial charge in [0.25, 0.3) is 0 Å². The second-order valence-electron chi connectivity index (χ2n) is 4.34. The van der Waals surface area contributed by atoms with Gasteiger partial charge in [-0.05, 0) is 26.1 Å². The molecule has 5 heteroatoms. The number of nitrogens with zero attached hydrogens (tertiary/aromatic N) is 3. The molecule has 1 aromatic rings. The maximum atomic E-state index is 11.1. The van der Waals surface area contributed by atoms with E-state index in [4.69, 9.17) is 5.11 Å². The van der Waals surface area contributed by atoms with E-state index in [-0.39, 0.29) is 5.56 Å². The number of carbonyl (C=O) groups is 1. The number of pyridine rings is 1. The van der Waals surface area contributed by atoms with Gasteiger partial charge in [0.05, 0.1) is 5.69 Å². The Morgan fingerprint density at radius 1 is 1.35 bits per heavy atom. The summed E-state index contributed by atoms with van der Waals surface area (Å²) < 4.78 is 0. The summed E-state index contributed by atoms with van der Waals surface area (Å²) in [7, 11) is 2.09. The molecule has 0 amide bonds. The smallest absolute Gasteiger partial charge is 0.339 e. The number of rotatable bonds is 2. The van der Waals surface area contributed by atoms with E-state index < -0.39 is 5.97 Å². The first-order valence-corrected chi connectivity index (χ1v) is 5.79. The van der Waals surface area contributed by atoms with Crippen LogP contribution in [0.15, 0.2) is 18.5 Å². The average Bonchev–Trinajstić information content (AvgIpc) is 2.54. The SMILES string of the molecule is CN1CCCN(c2ccncc2C(=O)O)CC1. The molecule has 2 heterocycles. The van der Waals surface area contributed by atoms with Crippen molar-refractivity contribution in [3.8, 4) is 0 Å². The lowest BCUT2D eigenvalue weighted by molar-refractivity contribution is 0.0697. The summed E-state index contributed by atoms with van der Waals surface area (Å²) in [5, 5.41) is 9.14. The van der Waals surface area contributed by atoms with Crippen molar-refractivity contribution in [2.45, 2.75) is 6.42 Å². The van der Waals surface area contributed by atoms with Crippen molar-refractivity contribution in [1.82, 2.24) is 9.88 Å². The molecule has 0 spiro atoms. The second kappa shape index (κ2) is 5.14. The lowest BCUT2D eigenvalue weighted by atomic mass is 10.2. The largest absolute Gasteiger partial charge is 0.478 e. The Hall–Kier alpha value is -1.62. The van der Waals surface area contributed by atoms with E-state index in [1.165, 1.54) is 6.20 Å². The number of hydrogen-bond acceptors (Lipinski definition) is 4. The fraction of sp³-hybridized carbons (Fsp3) is 0.500. The number of aromatic nitrogens is 1. The molecule has 0 atom stereocenters. The zero-order valence-electron chi connectivity index (χ0n) is 9.96. The van der Waals surface area contributed by atoms with Gasteiger partial charge < -0.3 is 14.9 Å². The zero-order valence-corrected chi connectivity index (χ0v) is 9.96. The molecule has 0 aliphatic carbocycles. The number of anilines is 1. The van der Waals surface area contributed by atoms with Crippen LogP contribution in [0.5, 0.6) is 0 Å². The van der Waals surface area contributed by atoms with Crippen molar-refractivity contribution >= 4 is 11.7 Å². The topological polar surface area (TPSA) is 56.7 Å². The van der Waals surface area contributed by atoms with Crippen LogP contribution in [0.2, 0.25) is 0 Å². The molecule has 5 nitrogen and oxygen atoms in total. The maximum Gasteiger partial charge on any atom is 0.339 e. The lowest BCUT2D eigenvalue weighted by Gasteiger charge is -2.24. The maximum absolute atomic E-state index is 11.1. The molecule has 0 aromatic carbocycles. The summed E-state index contributed by atoms with van der Waals surface area (Å²) in [6, 6.07) is 1.79. The first kappa shape index (κ1) is 11.9. The van der Waals surface area contributed by atoms with Crippen LogP contribution < -0.4 is 4.90 Å². The number of aromatic carboxylic acids is 1. The number of hydrogen-bond donors (Lipinski definition) is 1. The molecular weight excluding hydrogens is 218 g/mol. The van der Waals surface area contributed by atoms with Crippen molar-refractivity contribution in [1.29, 1.82) is 0 Å². The minimum atomic E-state index is -0.911. The van der Waals surface area contributed by atoms with Crippen LogP contribution in [-0.2, 0) is 0 Å². The van der Waals surface area contributed by atoms with Crippen LogP contribution in [-0.4, -0.2) is 54.2 Å². The molecule has 2 rings (SSSR count). The van der Waals surface area contributed by atoms with Crippen LogP contribution in [0.25, 0.3) is 0 Å². The first-order chi connectivity index (χ1) is 8.18. The van der Waals surface area contributed by atoms with Crippen LogP contribution in [0.1, 0.15) is 16.8 Å². The molecule has 1 aliphatic heterocycles. The van der Waals surface area contributed by atoms with Gasteiger partial charge in [0.15, 0.2) is 0 Å². The van der Waals surface area contributed by atoms with E-state index in [1.807, 2.05) is 0 Å². The first-order valence-electron chi connectivity index (χ1n) is 5.79. The highest BCUT2D eigenvalue weighted by molar-refractivity contribution is 5.94. The normalized spacial score (nSPS) is 17.8. The van der Waals surface area contributed by atoms with Gasteiger partial charge in [-0.25, -0.2) is 4.79 Å². The van der Waals surface area contributed by atoms with Gasteiger partial charge in [-0.2, -0.15) is 0 Å². The van der Waals surface area contributed by atoms with Crippen LogP contribution in [0, 0.1) is 0 Å². The molecule has 1 fully saturated rings. The summed E-state index contributed by atoms with van der Waals surface area (Å²) in [6.45, 7) is 3.78. The van der Waals surface area contributed by atoms with Crippen LogP contribution >= 0.6 is 0 Å². The minimum absolute atomic E-state index is 0.289. The van der Waals surface area contributed by atoms with E-state index in [1.54, 1.807) is 12.3 Å². The Balaban J connectivity index is 2.24. The lowest BCUT2D eigenvalue weighted by Crippen LogP contribution is -2.30. The third-order valence-corrected chi connectivity index (χ3v) is 3.09. The van der Waals surface area contributed by atoms with Gasteiger partial charge in [-0.15, -0.1) is 0 Å². The third-order valence-electron chi connectivity index (χ3n) is 3.09. The molecule has 92 valence electrons. The fourth-order valence-corrected chi connectivity index (χ4v) is 2.12. The second-order valence-corrected chi connectivity index (χ2v) is 4.34. The fourth-order valence-electron chi connectivity index (χ4n) is 2.12. The van der Waals surface area contributed by atoms with Crippen LogP contribution in [0.3, 0.4) is 0 Å². The third kappa shape index (κ3) is 2.74. The quantitative estimate of drug-likeness (QED) is 0.826. The number of carboxylic acid groups (broad SMARTS) is 1. The van der Waals surface area contributed by atoms with Crippen molar-refractivity contribution in [2.24, 2.45) is 0 Å². The standard InChI is InChI=1S/C12H17N3O2/c1-14-5-2-6-15(8-7-14)11-3-4-13-9-10(11)12(16)17/h3-4,9H,2,5-8H2,1H3,(H,16,17). The van der Waals surface area contributed by atoms with E-state index in [2.05, 4.69) is 21.8 Å². The van der Waals surface area contributed by atoms with Gasteiger partial charge in [0.1, 0.15) is 5.56 Å². The molecule has 0 bridgehead atoms. The number of carboxylic acids is 1. The van der Waals surface area contributed by atoms with Gasteiger partial charge in [0, 0.05) is 32.0 Å². The van der Waals surface area contributed by atoms with Gasteiger partial charge in [-0.3, -0.25) is 4.98 Å². The molecular formula is C12H17N3O2. The van der Waals surface area contributed by atoms with E-state index in [0.717, 1.165) is 38.3 Å². The predicted molar refractivity (Wildman–Crippen MR) is 65.5 cm³/mol. The predicted octanol–water partition coefficient (Wildman–Crippen LogP) is 0.922. The highest BCUT2D eigenvalue weighted by atomic mass is 16.4. The Kier molecular flexibility index (Phi) is 3.58. The van der Waals surface area contributed by atoms with E-state index in [9.17, 15) is 4.79 Å². The average molecular weight is 235 g/mol. The zero-order chi connectivity index (χ0) is 12.3. The molecule has 1 aromatic heterocycles. The van der Waals surface area contributed by atoms with Crippen molar-refractivity contribution in [2.75, 3.05) is 38.1 Å². The van der Waals surface area contributed by atoms with Crippen molar-refractivity contribution < 1.29 is 9.90 Å². The molecule has 0 unspecified atom stereocenters. The molecule has 0 radical (unpaired) electrons. The summed E-state index contributed by atoms with van der Waals surface area (Å²) in [6.07, 6.45) is 4.13. The van der Waals surface area contributed by atoms with E-state index in [0.29, 0.717) is 0 Å².